The maximum Gasteiger partial charge on any atom is 0.353 e. The average Bonchev–Trinajstić information content (AvgIpc) is 2.87. The lowest BCUT2D eigenvalue weighted by atomic mass is 10.2. The Balaban J connectivity index is 2.31. The minimum atomic E-state index is -3.96. The third-order valence-corrected chi connectivity index (χ3v) is 3.95. The molecule has 0 amide bonds. The highest BCUT2D eigenvalue weighted by molar-refractivity contribution is 7.92. The smallest absolute Gasteiger partial charge is 0.353 e. The quantitative estimate of drug-likeness (QED) is 0.709. The summed E-state index contributed by atoms with van der Waals surface area (Å²) in [4.78, 5) is 21.8. The lowest BCUT2D eigenvalue weighted by Gasteiger charge is -2.06. The number of anilines is 1. The van der Waals surface area contributed by atoms with Crippen LogP contribution in [-0.4, -0.2) is 35.5 Å². The summed E-state index contributed by atoms with van der Waals surface area (Å²) in [7, 11) is -3.96. The van der Waals surface area contributed by atoms with Gasteiger partial charge in [0.1, 0.15) is 5.69 Å². The number of Topliss-reactive ketones (excluding diaryl/α,β-unsaturated/α-hetero) is 1. The van der Waals surface area contributed by atoms with Crippen molar-refractivity contribution in [2.75, 3.05) is 4.72 Å². The largest absolute Gasteiger partial charge is 0.477 e. The number of aromatic nitrogens is 2. The number of carbonyl (C=O) groups is 2. The van der Waals surface area contributed by atoms with Gasteiger partial charge in [-0.3, -0.25) is 14.6 Å². The zero-order valence-corrected chi connectivity index (χ0v) is 11.6. The Labute approximate surface area is 119 Å². The molecule has 2 rings (SSSR count). The van der Waals surface area contributed by atoms with Crippen LogP contribution in [0.4, 0.5) is 5.82 Å². The molecular formula is C12H11N3O5S. The first-order chi connectivity index (χ1) is 9.79. The number of aromatic amines is 1. The van der Waals surface area contributed by atoms with E-state index in [1.165, 1.54) is 31.2 Å². The molecule has 8 nitrogen and oxygen atoms in total. The second-order valence-electron chi connectivity index (χ2n) is 4.16. The molecule has 21 heavy (non-hydrogen) atoms. The van der Waals surface area contributed by atoms with Gasteiger partial charge in [0, 0.05) is 11.6 Å². The van der Waals surface area contributed by atoms with Crippen LogP contribution >= 0.6 is 0 Å². The van der Waals surface area contributed by atoms with Gasteiger partial charge in [0.05, 0.1) is 4.90 Å². The van der Waals surface area contributed by atoms with Crippen LogP contribution in [-0.2, 0) is 10.0 Å². The van der Waals surface area contributed by atoms with E-state index < -0.39 is 16.0 Å². The molecule has 1 aromatic carbocycles. The Hall–Kier alpha value is -2.68. The number of ketones is 1. The molecule has 1 aromatic heterocycles. The number of nitrogens with one attached hydrogen (secondary N) is 2. The summed E-state index contributed by atoms with van der Waals surface area (Å²) in [5.41, 5.74) is 0.0105. The number of nitrogens with zero attached hydrogens (tertiary/aromatic N) is 1. The summed E-state index contributed by atoms with van der Waals surface area (Å²) in [5.74, 6) is -1.67. The summed E-state index contributed by atoms with van der Waals surface area (Å²) < 4.78 is 26.4. The maximum atomic E-state index is 12.1. The summed E-state index contributed by atoms with van der Waals surface area (Å²) in [6.07, 6.45) is 0. The normalized spacial score (nSPS) is 11.1. The molecule has 0 aliphatic carbocycles. The van der Waals surface area contributed by atoms with Crippen molar-refractivity contribution in [1.29, 1.82) is 0 Å². The van der Waals surface area contributed by atoms with Gasteiger partial charge >= 0.3 is 5.97 Å². The lowest BCUT2D eigenvalue weighted by Crippen LogP contribution is -2.13. The van der Waals surface area contributed by atoms with Gasteiger partial charge in [-0.05, 0) is 19.1 Å². The first kappa shape index (κ1) is 14.7. The van der Waals surface area contributed by atoms with Crippen LogP contribution in [0.2, 0.25) is 0 Å². The minimum absolute atomic E-state index is 0.116. The number of carbonyl (C=O) groups excluding carboxylic acids is 1. The molecule has 2 aromatic rings. The predicted molar refractivity (Wildman–Crippen MR) is 72.8 cm³/mol. The van der Waals surface area contributed by atoms with Crippen molar-refractivity contribution in [3.05, 3.63) is 41.6 Å². The van der Waals surface area contributed by atoms with E-state index in [0.29, 0.717) is 0 Å². The SMILES string of the molecule is CC(=O)c1cccc(S(=O)(=O)Nc2cc(C(=O)O)[nH]n2)c1. The van der Waals surface area contributed by atoms with Gasteiger partial charge in [0.15, 0.2) is 11.6 Å². The summed E-state index contributed by atoms with van der Waals surface area (Å²) >= 11 is 0. The zero-order chi connectivity index (χ0) is 15.6. The first-order valence-electron chi connectivity index (χ1n) is 5.72. The van der Waals surface area contributed by atoms with Gasteiger partial charge in [0.25, 0.3) is 10.0 Å². The molecule has 0 radical (unpaired) electrons. The molecule has 0 fully saturated rings. The monoisotopic (exact) mass is 309 g/mol. The number of H-pyrrole nitrogens is 1. The Bertz CT molecular complexity index is 810. The Morgan fingerprint density at radius 1 is 1.29 bits per heavy atom. The van der Waals surface area contributed by atoms with Crippen molar-refractivity contribution in [2.45, 2.75) is 11.8 Å². The van der Waals surface area contributed by atoms with E-state index in [0.717, 1.165) is 6.07 Å². The minimum Gasteiger partial charge on any atom is -0.477 e. The van der Waals surface area contributed by atoms with E-state index in [4.69, 9.17) is 5.11 Å². The first-order valence-corrected chi connectivity index (χ1v) is 7.20. The van der Waals surface area contributed by atoms with Crippen LogP contribution in [0.15, 0.2) is 35.2 Å². The van der Waals surface area contributed by atoms with Crippen molar-refractivity contribution >= 4 is 27.6 Å². The van der Waals surface area contributed by atoms with E-state index in [1.807, 2.05) is 0 Å². The molecule has 0 atom stereocenters. The highest BCUT2D eigenvalue weighted by atomic mass is 32.2. The number of carboxylic acid groups (broad SMARTS) is 1. The molecule has 0 saturated carbocycles. The zero-order valence-electron chi connectivity index (χ0n) is 10.8. The number of rotatable bonds is 5. The maximum absolute atomic E-state index is 12.1. The third-order valence-electron chi connectivity index (χ3n) is 2.60. The van der Waals surface area contributed by atoms with Crippen LogP contribution < -0.4 is 4.72 Å². The Kier molecular flexibility index (Phi) is 3.76. The van der Waals surface area contributed by atoms with Gasteiger partial charge < -0.3 is 5.11 Å². The van der Waals surface area contributed by atoms with Crippen molar-refractivity contribution < 1.29 is 23.1 Å². The van der Waals surface area contributed by atoms with Gasteiger partial charge in [0.2, 0.25) is 0 Å². The molecule has 0 spiro atoms. The van der Waals surface area contributed by atoms with Crippen molar-refractivity contribution in [2.24, 2.45) is 0 Å². The van der Waals surface area contributed by atoms with Gasteiger partial charge in [-0.1, -0.05) is 12.1 Å². The summed E-state index contributed by atoms with van der Waals surface area (Å²) in [6.45, 7) is 1.33. The van der Waals surface area contributed by atoms with E-state index in [2.05, 4.69) is 14.9 Å². The van der Waals surface area contributed by atoms with Crippen LogP contribution in [0.5, 0.6) is 0 Å². The van der Waals surface area contributed by atoms with Crippen molar-refractivity contribution in [1.82, 2.24) is 10.2 Å². The number of sulfonamides is 1. The van der Waals surface area contributed by atoms with Crippen LogP contribution in [0.1, 0.15) is 27.8 Å². The van der Waals surface area contributed by atoms with E-state index in [-0.39, 0.29) is 27.8 Å². The molecule has 110 valence electrons. The highest BCUT2D eigenvalue weighted by Crippen LogP contribution is 2.16. The Morgan fingerprint density at radius 3 is 2.57 bits per heavy atom. The lowest BCUT2D eigenvalue weighted by molar-refractivity contribution is 0.0690. The van der Waals surface area contributed by atoms with E-state index in [9.17, 15) is 18.0 Å². The standard InChI is InChI=1S/C12H11N3O5S/c1-7(16)8-3-2-4-9(5-8)21(19,20)15-11-6-10(12(17)18)13-14-11/h2-6H,1H3,(H,17,18)(H2,13,14,15). The molecule has 1 heterocycles. The molecule has 9 heteroatoms. The molecule has 0 aliphatic rings. The van der Waals surface area contributed by atoms with Gasteiger partial charge in [-0.25, -0.2) is 13.2 Å². The van der Waals surface area contributed by atoms with Gasteiger partial charge in [-0.2, -0.15) is 5.10 Å². The number of carboxylic acids is 1. The van der Waals surface area contributed by atoms with Crippen LogP contribution in [0, 0.1) is 0 Å². The fourth-order valence-corrected chi connectivity index (χ4v) is 2.60. The molecule has 3 N–H and O–H groups in total. The average molecular weight is 309 g/mol. The number of hydrogen-bond donors (Lipinski definition) is 3. The predicted octanol–water partition coefficient (Wildman–Crippen LogP) is 1.11. The highest BCUT2D eigenvalue weighted by Gasteiger charge is 2.18. The van der Waals surface area contributed by atoms with E-state index in [1.54, 1.807) is 0 Å². The molecular weight excluding hydrogens is 298 g/mol. The Morgan fingerprint density at radius 2 is 2.00 bits per heavy atom. The second-order valence-corrected chi connectivity index (χ2v) is 5.84. The van der Waals surface area contributed by atoms with E-state index >= 15 is 0 Å². The molecule has 0 saturated heterocycles. The second kappa shape index (κ2) is 5.37. The molecule has 0 bridgehead atoms. The number of benzene rings is 1. The van der Waals surface area contributed by atoms with Crippen LogP contribution in [0.3, 0.4) is 0 Å². The van der Waals surface area contributed by atoms with Crippen molar-refractivity contribution in [3.8, 4) is 0 Å². The summed E-state index contributed by atoms with van der Waals surface area (Å²) in [5, 5.41) is 14.4. The molecule has 0 aliphatic heterocycles. The number of hydrogen-bond acceptors (Lipinski definition) is 5. The third kappa shape index (κ3) is 3.26. The topological polar surface area (TPSA) is 129 Å². The van der Waals surface area contributed by atoms with Crippen LogP contribution in [0.25, 0.3) is 0 Å². The number of aromatic carboxylic acids is 1. The fraction of sp³-hybridized carbons (Fsp3) is 0.0833. The van der Waals surface area contributed by atoms with Crippen molar-refractivity contribution in [3.63, 3.8) is 0 Å². The molecule has 0 unspecified atom stereocenters. The fourth-order valence-electron chi connectivity index (χ4n) is 1.56. The van der Waals surface area contributed by atoms with Gasteiger partial charge in [-0.15, -0.1) is 0 Å². The summed E-state index contributed by atoms with van der Waals surface area (Å²) in [6, 6.07) is 6.54.